The SMILES string of the molecule is CCCc1ccnc2c(=O)[nH]c(-c3cc(S(=O)(=O)NCCn4cc[nH]c4=O)ccc3OCC)nc12. The lowest BCUT2D eigenvalue weighted by atomic mass is 10.1. The van der Waals surface area contributed by atoms with E-state index in [1.807, 2.05) is 13.0 Å². The van der Waals surface area contributed by atoms with Gasteiger partial charge < -0.3 is 14.7 Å². The number of hydrogen-bond donors (Lipinski definition) is 3. The molecule has 3 N–H and O–H groups in total. The molecule has 35 heavy (non-hydrogen) atoms. The highest BCUT2D eigenvalue weighted by atomic mass is 32.2. The first-order valence-electron chi connectivity index (χ1n) is 11.2. The maximum Gasteiger partial charge on any atom is 0.325 e. The highest BCUT2D eigenvalue weighted by molar-refractivity contribution is 7.89. The predicted octanol–water partition coefficient (Wildman–Crippen LogP) is 1.80. The number of sulfonamides is 1. The van der Waals surface area contributed by atoms with Crippen molar-refractivity contribution in [3.8, 4) is 17.1 Å². The predicted molar refractivity (Wildman–Crippen MR) is 131 cm³/mol. The number of aromatic amines is 2. The van der Waals surface area contributed by atoms with Crippen molar-refractivity contribution in [1.29, 1.82) is 0 Å². The van der Waals surface area contributed by atoms with Gasteiger partial charge in [-0.15, -0.1) is 0 Å². The minimum absolute atomic E-state index is 0.0136. The Hall–Kier alpha value is -3.77. The molecule has 0 atom stereocenters. The first-order chi connectivity index (χ1) is 16.8. The van der Waals surface area contributed by atoms with E-state index >= 15 is 0 Å². The molecule has 0 radical (unpaired) electrons. The number of hydrogen-bond acceptors (Lipinski definition) is 7. The van der Waals surface area contributed by atoms with Gasteiger partial charge in [0.15, 0.2) is 5.52 Å². The van der Waals surface area contributed by atoms with Crippen molar-refractivity contribution >= 4 is 21.1 Å². The van der Waals surface area contributed by atoms with Crippen LogP contribution in [0.15, 0.2) is 57.3 Å². The van der Waals surface area contributed by atoms with Gasteiger partial charge in [0.1, 0.15) is 17.1 Å². The molecule has 184 valence electrons. The molecule has 0 amide bonds. The number of aryl methyl sites for hydroxylation is 1. The molecular weight excluding hydrogens is 472 g/mol. The average Bonchev–Trinajstić information content (AvgIpc) is 3.24. The summed E-state index contributed by atoms with van der Waals surface area (Å²) in [5, 5.41) is 0. The van der Waals surface area contributed by atoms with E-state index in [9.17, 15) is 18.0 Å². The van der Waals surface area contributed by atoms with Crippen LogP contribution in [0.1, 0.15) is 25.8 Å². The molecule has 1 aromatic carbocycles. The molecule has 4 rings (SSSR count). The molecule has 4 aromatic rings. The van der Waals surface area contributed by atoms with Crippen LogP contribution in [-0.4, -0.2) is 46.1 Å². The Balaban J connectivity index is 1.74. The highest BCUT2D eigenvalue weighted by Gasteiger charge is 2.20. The van der Waals surface area contributed by atoms with E-state index in [0.29, 0.717) is 23.4 Å². The molecular formula is C23H26N6O5S. The zero-order valence-corrected chi connectivity index (χ0v) is 20.2. The number of ether oxygens (including phenoxy) is 1. The van der Waals surface area contributed by atoms with Crippen molar-refractivity contribution in [2.45, 2.75) is 38.1 Å². The number of rotatable bonds is 10. The molecule has 12 heteroatoms. The Morgan fingerprint density at radius 2 is 1.97 bits per heavy atom. The normalized spacial score (nSPS) is 11.7. The van der Waals surface area contributed by atoms with Crippen LogP contribution in [0.3, 0.4) is 0 Å². The average molecular weight is 499 g/mol. The van der Waals surface area contributed by atoms with Crippen LogP contribution in [0, 0.1) is 0 Å². The van der Waals surface area contributed by atoms with Crippen molar-refractivity contribution in [2.24, 2.45) is 0 Å². The first kappa shape index (κ1) is 24.4. The smallest absolute Gasteiger partial charge is 0.325 e. The minimum Gasteiger partial charge on any atom is -0.493 e. The molecule has 3 heterocycles. The maximum absolute atomic E-state index is 13.0. The van der Waals surface area contributed by atoms with Gasteiger partial charge in [-0.05, 0) is 43.2 Å². The summed E-state index contributed by atoms with van der Waals surface area (Å²) in [5.74, 6) is 0.570. The van der Waals surface area contributed by atoms with E-state index in [0.717, 1.165) is 18.4 Å². The Morgan fingerprint density at radius 1 is 1.14 bits per heavy atom. The van der Waals surface area contributed by atoms with Crippen LogP contribution in [0.2, 0.25) is 0 Å². The number of imidazole rings is 1. The zero-order chi connectivity index (χ0) is 25.0. The van der Waals surface area contributed by atoms with Crippen LogP contribution in [0.5, 0.6) is 5.75 Å². The number of nitrogens with zero attached hydrogens (tertiary/aromatic N) is 3. The van der Waals surface area contributed by atoms with Gasteiger partial charge in [-0.2, -0.15) is 0 Å². The summed E-state index contributed by atoms with van der Waals surface area (Å²) in [6.45, 7) is 4.35. The van der Waals surface area contributed by atoms with Crippen LogP contribution in [0.25, 0.3) is 22.4 Å². The fourth-order valence-electron chi connectivity index (χ4n) is 3.74. The third-order valence-electron chi connectivity index (χ3n) is 5.38. The molecule has 0 unspecified atom stereocenters. The van der Waals surface area contributed by atoms with Gasteiger partial charge in [0.05, 0.1) is 17.1 Å². The highest BCUT2D eigenvalue weighted by Crippen LogP contribution is 2.31. The first-order valence-corrected chi connectivity index (χ1v) is 12.7. The summed E-state index contributed by atoms with van der Waals surface area (Å²) in [7, 11) is -3.92. The second-order valence-corrected chi connectivity index (χ2v) is 9.55. The Bertz CT molecular complexity index is 1570. The summed E-state index contributed by atoms with van der Waals surface area (Å²) >= 11 is 0. The van der Waals surface area contributed by atoms with Crippen LogP contribution < -0.4 is 20.7 Å². The van der Waals surface area contributed by atoms with Gasteiger partial charge in [-0.1, -0.05) is 13.3 Å². The molecule has 0 spiro atoms. The van der Waals surface area contributed by atoms with Crippen molar-refractivity contribution in [2.75, 3.05) is 13.2 Å². The van der Waals surface area contributed by atoms with E-state index in [1.165, 1.54) is 35.2 Å². The summed E-state index contributed by atoms with van der Waals surface area (Å²) in [6, 6.07) is 6.19. The second kappa shape index (κ2) is 10.2. The topological polar surface area (TPSA) is 152 Å². The van der Waals surface area contributed by atoms with Gasteiger partial charge >= 0.3 is 5.69 Å². The van der Waals surface area contributed by atoms with Gasteiger partial charge in [0, 0.05) is 31.7 Å². The number of aromatic nitrogens is 5. The molecule has 3 aromatic heterocycles. The molecule has 0 fully saturated rings. The maximum atomic E-state index is 13.0. The lowest BCUT2D eigenvalue weighted by Gasteiger charge is -2.13. The molecule has 0 saturated heterocycles. The number of nitrogens with one attached hydrogen (secondary N) is 3. The molecule has 0 aliphatic heterocycles. The van der Waals surface area contributed by atoms with Crippen molar-refractivity contribution in [3.05, 3.63) is 69.3 Å². The quantitative estimate of drug-likeness (QED) is 0.301. The Kier molecular flexibility index (Phi) is 7.12. The van der Waals surface area contributed by atoms with Gasteiger partial charge in [-0.25, -0.2) is 27.9 Å². The van der Waals surface area contributed by atoms with Gasteiger partial charge in [0.2, 0.25) is 10.0 Å². The third kappa shape index (κ3) is 5.17. The fourth-order valence-corrected chi connectivity index (χ4v) is 4.79. The lowest BCUT2D eigenvalue weighted by molar-refractivity contribution is 0.341. The second-order valence-electron chi connectivity index (χ2n) is 7.78. The van der Waals surface area contributed by atoms with Gasteiger partial charge in [-0.3, -0.25) is 9.36 Å². The Labute approximate surface area is 201 Å². The number of pyridine rings is 1. The van der Waals surface area contributed by atoms with Crippen molar-refractivity contribution < 1.29 is 13.2 Å². The number of H-pyrrole nitrogens is 2. The van der Waals surface area contributed by atoms with E-state index in [2.05, 4.69) is 24.7 Å². The number of fused-ring (bicyclic) bond motifs is 1. The standard InChI is InChI=1S/C23H26N6O5S/c1-3-5-15-8-9-24-20-19(15)27-21(28-22(20)30)17-14-16(6-7-18(17)34-4-2)35(32,33)26-11-13-29-12-10-25-23(29)31/h6-10,12,14,26H,3-5,11,13H2,1-2H3,(H,25,31)(H,27,28,30). The molecule has 0 saturated carbocycles. The molecule has 0 aliphatic carbocycles. The summed E-state index contributed by atoms with van der Waals surface area (Å²) in [6.07, 6.45) is 6.18. The van der Waals surface area contributed by atoms with Crippen LogP contribution in [-0.2, 0) is 23.0 Å². The van der Waals surface area contributed by atoms with Crippen molar-refractivity contribution in [3.63, 3.8) is 0 Å². The summed E-state index contributed by atoms with van der Waals surface area (Å²) in [5.41, 5.74) is 1.17. The minimum atomic E-state index is -3.92. The van der Waals surface area contributed by atoms with Gasteiger partial charge in [0.25, 0.3) is 5.56 Å². The zero-order valence-electron chi connectivity index (χ0n) is 19.4. The van der Waals surface area contributed by atoms with E-state index < -0.39 is 15.6 Å². The van der Waals surface area contributed by atoms with E-state index in [-0.39, 0.29) is 35.0 Å². The summed E-state index contributed by atoms with van der Waals surface area (Å²) < 4.78 is 35.5. The van der Waals surface area contributed by atoms with E-state index in [1.54, 1.807) is 13.1 Å². The summed E-state index contributed by atoms with van der Waals surface area (Å²) in [4.78, 5) is 38.4. The monoisotopic (exact) mass is 498 g/mol. The Morgan fingerprint density at radius 3 is 2.69 bits per heavy atom. The van der Waals surface area contributed by atoms with Crippen molar-refractivity contribution in [1.82, 2.24) is 29.2 Å². The third-order valence-corrected chi connectivity index (χ3v) is 6.84. The largest absolute Gasteiger partial charge is 0.493 e. The molecule has 11 nitrogen and oxygen atoms in total. The lowest BCUT2D eigenvalue weighted by Crippen LogP contribution is -2.30. The van der Waals surface area contributed by atoms with Crippen LogP contribution >= 0.6 is 0 Å². The fraction of sp³-hybridized carbons (Fsp3) is 0.304. The molecule has 0 bridgehead atoms. The number of benzene rings is 1. The van der Waals surface area contributed by atoms with Crippen LogP contribution in [0.4, 0.5) is 0 Å². The van der Waals surface area contributed by atoms with E-state index in [4.69, 9.17) is 4.74 Å². The molecule has 0 aliphatic rings.